The lowest BCUT2D eigenvalue weighted by atomic mass is 10.1. The fourth-order valence-electron chi connectivity index (χ4n) is 2.26. The molecule has 0 aliphatic heterocycles. The van der Waals surface area contributed by atoms with Crippen LogP contribution in [0.2, 0.25) is 5.02 Å². The van der Waals surface area contributed by atoms with E-state index in [1.54, 1.807) is 0 Å². The van der Waals surface area contributed by atoms with E-state index < -0.39 is 0 Å². The largest absolute Gasteiger partial charge is 0.309 e. The van der Waals surface area contributed by atoms with Crippen LogP contribution in [0.15, 0.2) is 22.7 Å². The Kier molecular flexibility index (Phi) is 4.44. The van der Waals surface area contributed by atoms with Gasteiger partial charge in [-0.25, -0.2) is 0 Å². The fourth-order valence-corrected chi connectivity index (χ4v) is 3.01. The summed E-state index contributed by atoms with van der Waals surface area (Å²) in [5.41, 5.74) is 1.08. The second-order valence-electron chi connectivity index (χ2n) is 4.39. The van der Waals surface area contributed by atoms with Crippen molar-refractivity contribution in [2.24, 2.45) is 5.92 Å². The lowest BCUT2D eigenvalue weighted by Gasteiger charge is -2.16. The van der Waals surface area contributed by atoms with Crippen molar-refractivity contribution in [2.45, 2.75) is 31.8 Å². The molecule has 2 unspecified atom stereocenters. The van der Waals surface area contributed by atoms with Crippen LogP contribution in [0.25, 0.3) is 0 Å². The Morgan fingerprint density at radius 2 is 2.29 bits per heavy atom. The molecule has 0 bridgehead atoms. The average molecular weight is 314 g/mol. The lowest BCUT2D eigenvalue weighted by molar-refractivity contribution is 0.464. The first-order valence-corrected chi connectivity index (χ1v) is 6.94. The van der Waals surface area contributed by atoms with Gasteiger partial charge in [0.15, 0.2) is 0 Å². The fraction of sp³-hybridized carbons (Fsp3) is 0.462. The number of rotatable bonds is 3. The molecule has 0 saturated heterocycles. The van der Waals surface area contributed by atoms with Crippen LogP contribution in [0.5, 0.6) is 0 Å². The highest BCUT2D eigenvalue weighted by Gasteiger charge is 2.26. The molecule has 0 aromatic heterocycles. The average Bonchev–Trinajstić information content (AvgIpc) is 2.75. The van der Waals surface area contributed by atoms with Gasteiger partial charge in [0.05, 0.1) is 12.0 Å². The highest BCUT2D eigenvalue weighted by atomic mass is 79.9. The van der Waals surface area contributed by atoms with Crippen molar-refractivity contribution >= 4 is 27.5 Å². The van der Waals surface area contributed by atoms with Gasteiger partial charge < -0.3 is 5.32 Å². The third-order valence-corrected chi connectivity index (χ3v) is 4.10. The summed E-state index contributed by atoms with van der Waals surface area (Å²) in [7, 11) is 0. The topological polar surface area (TPSA) is 35.8 Å². The van der Waals surface area contributed by atoms with Crippen LogP contribution in [-0.2, 0) is 6.54 Å². The number of hydrogen-bond donors (Lipinski definition) is 1. The first kappa shape index (κ1) is 12.9. The van der Waals surface area contributed by atoms with E-state index in [-0.39, 0.29) is 5.92 Å². The molecule has 0 radical (unpaired) electrons. The van der Waals surface area contributed by atoms with E-state index in [1.807, 2.05) is 18.2 Å². The summed E-state index contributed by atoms with van der Waals surface area (Å²) in [6, 6.07) is 8.58. The molecule has 0 spiro atoms. The maximum Gasteiger partial charge on any atom is 0.0672 e. The molecule has 4 heteroatoms. The van der Waals surface area contributed by atoms with Gasteiger partial charge in [-0.3, -0.25) is 0 Å². The molecule has 90 valence electrons. The molecule has 1 fully saturated rings. The molecule has 1 N–H and O–H groups in total. The van der Waals surface area contributed by atoms with Crippen molar-refractivity contribution in [3.05, 3.63) is 33.3 Å². The van der Waals surface area contributed by atoms with Crippen LogP contribution < -0.4 is 5.32 Å². The van der Waals surface area contributed by atoms with Gasteiger partial charge in [-0.1, -0.05) is 40.0 Å². The second kappa shape index (κ2) is 5.86. The molecule has 2 atom stereocenters. The predicted molar refractivity (Wildman–Crippen MR) is 72.7 cm³/mol. The Balaban J connectivity index is 1.96. The maximum atomic E-state index is 9.00. The highest BCUT2D eigenvalue weighted by molar-refractivity contribution is 9.10. The summed E-state index contributed by atoms with van der Waals surface area (Å²) >= 11 is 9.54. The summed E-state index contributed by atoms with van der Waals surface area (Å²) < 4.78 is 0.988. The zero-order valence-electron chi connectivity index (χ0n) is 9.42. The number of benzene rings is 1. The minimum atomic E-state index is 0.157. The van der Waals surface area contributed by atoms with Gasteiger partial charge in [-0.15, -0.1) is 0 Å². The van der Waals surface area contributed by atoms with E-state index in [0.717, 1.165) is 40.9 Å². The van der Waals surface area contributed by atoms with Crippen LogP contribution in [0.1, 0.15) is 24.8 Å². The molecular weight excluding hydrogens is 300 g/mol. The van der Waals surface area contributed by atoms with Gasteiger partial charge >= 0.3 is 0 Å². The second-order valence-corrected chi connectivity index (χ2v) is 5.71. The summed E-state index contributed by atoms with van der Waals surface area (Å²) in [5, 5.41) is 13.2. The molecule has 1 aliphatic carbocycles. The monoisotopic (exact) mass is 312 g/mol. The Hall–Kier alpha value is -0.560. The minimum Gasteiger partial charge on any atom is -0.309 e. The van der Waals surface area contributed by atoms with Gasteiger partial charge in [-0.2, -0.15) is 5.26 Å². The Labute approximate surface area is 115 Å². The van der Waals surface area contributed by atoms with E-state index >= 15 is 0 Å². The summed E-state index contributed by atoms with van der Waals surface area (Å²) in [4.78, 5) is 0. The van der Waals surface area contributed by atoms with Gasteiger partial charge in [-0.05, 0) is 30.5 Å². The molecule has 1 aromatic carbocycles. The molecule has 2 nitrogen and oxygen atoms in total. The third kappa shape index (κ3) is 3.22. The van der Waals surface area contributed by atoms with Gasteiger partial charge in [0.2, 0.25) is 0 Å². The van der Waals surface area contributed by atoms with Crippen molar-refractivity contribution in [1.82, 2.24) is 5.32 Å². The molecule has 0 heterocycles. The number of nitrogens with zero attached hydrogens (tertiary/aromatic N) is 1. The molecule has 1 aliphatic rings. The number of nitriles is 1. The van der Waals surface area contributed by atoms with Gasteiger partial charge in [0.25, 0.3) is 0 Å². The van der Waals surface area contributed by atoms with E-state index in [0.29, 0.717) is 6.04 Å². The van der Waals surface area contributed by atoms with Gasteiger partial charge in [0.1, 0.15) is 0 Å². The Morgan fingerprint density at radius 1 is 1.47 bits per heavy atom. The number of nitrogens with one attached hydrogen (secondary N) is 1. The first-order valence-electron chi connectivity index (χ1n) is 5.77. The number of hydrogen-bond acceptors (Lipinski definition) is 2. The quantitative estimate of drug-likeness (QED) is 0.919. The van der Waals surface area contributed by atoms with Crippen molar-refractivity contribution in [3.8, 4) is 6.07 Å². The Morgan fingerprint density at radius 3 is 3.00 bits per heavy atom. The van der Waals surface area contributed by atoms with Crippen molar-refractivity contribution in [3.63, 3.8) is 0 Å². The van der Waals surface area contributed by atoms with Crippen molar-refractivity contribution in [2.75, 3.05) is 0 Å². The van der Waals surface area contributed by atoms with Crippen molar-refractivity contribution in [1.29, 1.82) is 5.26 Å². The molecule has 2 rings (SSSR count). The van der Waals surface area contributed by atoms with Crippen LogP contribution in [0.4, 0.5) is 0 Å². The van der Waals surface area contributed by atoms with E-state index in [9.17, 15) is 0 Å². The lowest BCUT2D eigenvalue weighted by Crippen LogP contribution is -2.31. The van der Waals surface area contributed by atoms with Crippen LogP contribution in [0, 0.1) is 17.2 Å². The third-order valence-electron chi connectivity index (χ3n) is 3.25. The first-order chi connectivity index (χ1) is 8.20. The maximum absolute atomic E-state index is 9.00. The molecular formula is C13H14BrClN2. The van der Waals surface area contributed by atoms with Gasteiger partial charge in [0, 0.05) is 22.1 Å². The molecule has 17 heavy (non-hydrogen) atoms. The molecule has 1 saturated carbocycles. The van der Waals surface area contributed by atoms with Crippen LogP contribution in [-0.4, -0.2) is 6.04 Å². The zero-order chi connectivity index (χ0) is 12.3. The van der Waals surface area contributed by atoms with Crippen LogP contribution in [0.3, 0.4) is 0 Å². The smallest absolute Gasteiger partial charge is 0.0672 e. The highest BCUT2D eigenvalue weighted by Crippen LogP contribution is 2.26. The molecule has 0 amide bonds. The van der Waals surface area contributed by atoms with E-state index in [4.69, 9.17) is 16.9 Å². The van der Waals surface area contributed by atoms with E-state index in [1.165, 1.54) is 0 Å². The summed E-state index contributed by atoms with van der Waals surface area (Å²) in [6.45, 7) is 0.731. The van der Waals surface area contributed by atoms with Crippen LogP contribution >= 0.6 is 27.5 Å². The zero-order valence-corrected chi connectivity index (χ0v) is 11.8. The normalized spacial score (nSPS) is 23.6. The minimum absolute atomic E-state index is 0.157. The Bertz CT molecular complexity index is 442. The summed E-state index contributed by atoms with van der Waals surface area (Å²) in [6.07, 6.45) is 3.25. The van der Waals surface area contributed by atoms with E-state index in [2.05, 4.69) is 27.3 Å². The number of halogens is 2. The summed E-state index contributed by atoms with van der Waals surface area (Å²) in [5.74, 6) is 0.157. The van der Waals surface area contributed by atoms with Crippen molar-refractivity contribution < 1.29 is 0 Å². The standard InChI is InChI=1S/C13H14BrClN2/c14-11-5-4-10(12(15)6-11)8-17-13-3-1-2-9(13)7-16/h4-6,9,13,17H,1-3,8H2. The molecule has 1 aromatic rings. The SMILES string of the molecule is N#CC1CCCC1NCc1ccc(Br)cc1Cl. The predicted octanol–water partition coefficient (Wildman–Crippen LogP) is 3.88.